The molecule has 508 valence electrons. The van der Waals surface area contributed by atoms with Crippen molar-refractivity contribution in [2.45, 2.75) is 179 Å². The molecule has 33 nitrogen and oxygen atoms in total. The van der Waals surface area contributed by atoms with Gasteiger partial charge in [-0.3, -0.25) is 62.9 Å². The number of nitrogens with two attached hydrogens (primary N) is 1. The molecule has 3 rings (SSSR count). The van der Waals surface area contributed by atoms with E-state index >= 15 is 0 Å². The number of aliphatic hydroxyl groups excluding tert-OH is 3. The Morgan fingerprint density at radius 1 is 0.604 bits per heavy atom. The van der Waals surface area contributed by atoms with E-state index in [0.717, 1.165) is 11.3 Å². The van der Waals surface area contributed by atoms with Crippen molar-refractivity contribution in [1.82, 2.24) is 68.7 Å². The summed E-state index contributed by atoms with van der Waals surface area (Å²) in [4.78, 5) is 175. The van der Waals surface area contributed by atoms with Crippen LogP contribution in [0.15, 0.2) is 30.3 Å². The third-order valence-corrected chi connectivity index (χ3v) is 15.5. The van der Waals surface area contributed by atoms with Crippen molar-refractivity contribution >= 4 is 82.9 Å². The van der Waals surface area contributed by atoms with E-state index in [0.29, 0.717) is 24.9 Å². The lowest BCUT2D eigenvalue weighted by atomic mass is 9.96. The molecule has 0 saturated carbocycles. The number of carbonyl (C=O) groups is 13. The van der Waals surface area contributed by atoms with Crippen LogP contribution in [0.25, 0.3) is 0 Å². The molecule has 0 spiro atoms. The van der Waals surface area contributed by atoms with Gasteiger partial charge in [-0.15, -0.1) is 0 Å². The number of hydrogen-bond donors (Lipinski definition) is 19. The summed E-state index contributed by atoms with van der Waals surface area (Å²) in [5.41, 5.74) is 5.94. The van der Waals surface area contributed by atoms with E-state index in [2.05, 4.69) is 63.8 Å². The third kappa shape index (κ3) is 25.3. The summed E-state index contributed by atoms with van der Waals surface area (Å²) in [5.74, 6) is -15.0. The number of carboxylic acid groups (broad SMARTS) is 2. The number of nitrogens with one attached hydrogen (secondary N) is 13. The first-order valence-corrected chi connectivity index (χ1v) is 30.5. The van der Waals surface area contributed by atoms with Crippen LogP contribution in [0.4, 0.5) is 0 Å². The van der Waals surface area contributed by atoms with Gasteiger partial charge < -0.3 is 100.0 Å². The Kier molecular flexibility index (Phi) is 32.8. The van der Waals surface area contributed by atoms with E-state index in [-0.39, 0.29) is 64.0 Å². The molecule has 33 heteroatoms. The fourth-order valence-corrected chi connectivity index (χ4v) is 9.97. The minimum absolute atomic E-state index is 0.00366. The first-order valence-electron chi connectivity index (χ1n) is 30.5. The predicted molar refractivity (Wildman–Crippen MR) is 325 cm³/mol. The number of aliphatic hydroxyl groups is 3. The second-order valence-electron chi connectivity index (χ2n) is 23.1. The topological polar surface area (TPSA) is 521 Å². The van der Waals surface area contributed by atoms with Crippen molar-refractivity contribution in [3.63, 3.8) is 0 Å². The van der Waals surface area contributed by atoms with E-state index < -0.39 is 194 Å². The standard InChI is InChI=1S/C58H93N15O18/c1-7-31(5)45(54(87)63-26-43(77)64-38(25-44(78)79)56(89)73-22-14-19-42(73)57(90)91)71-48(81)35(18-13-21-62-58(59)60)65-51(84)39(27-74)69-50(83)37(24-33-15-10-9-11-16-33)67-55(88)46(32(6)8-2)72-53(86)41(29-76)70-52(85)40(28-75)68-49(82)36(23-30(3)4)66-47(80)34-17-12-20-61-34/h9-11,15-16,30-32,34-42,45-46,61,74-76H,7-8,12-14,17-29H2,1-6H3,(H,63,87)(H,64,77)(H,65,84)(H,66,80)(H,67,88)(H,68,82)(H,69,83)(H,70,85)(H,71,81)(H,72,86)(H,78,79)(H,90,91)(H4,59,60,62)/t31-,32-,34-,35-,36-,37-,38-,39-,40-,41-,42-,45-,46-/m0/s1. The van der Waals surface area contributed by atoms with Crippen molar-refractivity contribution in [1.29, 1.82) is 5.41 Å². The van der Waals surface area contributed by atoms with Crippen LogP contribution in [-0.4, -0.2) is 226 Å². The van der Waals surface area contributed by atoms with Gasteiger partial charge >= 0.3 is 11.9 Å². The lowest BCUT2D eigenvalue weighted by Gasteiger charge is -2.29. The Bertz CT molecular complexity index is 2680. The second-order valence-corrected chi connectivity index (χ2v) is 23.1. The van der Waals surface area contributed by atoms with Gasteiger partial charge in [-0.25, -0.2) is 4.79 Å². The van der Waals surface area contributed by atoms with Gasteiger partial charge in [0.15, 0.2) is 5.96 Å². The fourth-order valence-electron chi connectivity index (χ4n) is 9.97. The summed E-state index contributed by atoms with van der Waals surface area (Å²) in [6.07, 6.45) is 1.16. The summed E-state index contributed by atoms with van der Waals surface area (Å²) in [6, 6.07) is -7.50. The molecule has 2 fully saturated rings. The second kappa shape index (κ2) is 38.9. The predicted octanol–water partition coefficient (Wildman–Crippen LogP) is -5.61. The van der Waals surface area contributed by atoms with Gasteiger partial charge in [0.1, 0.15) is 60.4 Å². The summed E-state index contributed by atoms with van der Waals surface area (Å²) in [6.45, 7) is 6.93. The average Bonchev–Trinajstić information content (AvgIpc) is 1.98. The molecule has 20 N–H and O–H groups in total. The lowest BCUT2D eigenvalue weighted by molar-refractivity contribution is -0.150. The normalized spacial score (nSPS) is 18.1. The van der Waals surface area contributed by atoms with Gasteiger partial charge in [-0.05, 0) is 74.8 Å². The van der Waals surface area contributed by atoms with Crippen LogP contribution in [0.3, 0.4) is 0 Å². The Morgan fingerprint density at radius 2 is 1.11 bits per heavy atom. The Balaban J connectivity index is 1.82. The minimum Gasteiger partial charge on any atom is -0.481 e. The average molecular weight is 1290 g/mol. The maximum atomic E-state index is 14.4. The van der Waals surface area contributed by atoms with E-state index in [1.807, 2.05) is 13.8 Å². The van der Waals surface area contributed by atoms with Crippen molar-refractivity contribution in [2.75, 3.05) is 46.0 Å². The Morgan fingerprint density at radius 3 is 1.60 bits per heavy atom. The first-order chi connectivity index (χ1) is 43.1. The third-order valence-electron chi connectivity index (χ3n) is 15.5. The SMILES string of the molecule is CC[C@H](C)[C@H](NC(=O)[C@H](CCCNC(=N)N)NC(=O)[C@H](CO)NC(=O)[C@H](Cc1ccccc1)NC(=O)[C@@H](NC(=O)[C@H](CO)NC(=O)[C@H](CO)NC(=O)[C@H](CC(C)C)NC(=O)[C@@H]1CCCN1)[C@@H](C)CC)C(=O)NCC(=O)N[C@@H](CC(=O)O)C(=O)N1CCC[C@H]1C(=O)O. The van der Waals surface area contributed by atoms with Crippen LogP contribution >= 0.6 is 0 Å². The highest BCUT2D eigenvalue weighted by Gasteiger charge is 2.40. The molecule has 2 saturated heterocycles. The molecular formula is C58H93N15O18. The molecule has 0 bridgehead atoms. The van der Waals surface area contributed by atoms with Crippen LogP contribution in [-0.2, 0) is 68.7 Å². The zero-order valence-electron chi connectivity index (χ0n) is 52.3. The number of aliphatic carboxylic acids is 2. The number of benzene rings is 1. The molecule has 0 aliphatic carbocycles. The number of guanidine groups is 1. The highest BCUT2D eigenvalue weighted by atomic mass is 16.4. The molecule has 1 aromatic carbocycles. The van der Waals surface area contributed by atoms with E-state index in [4.69, 9.17) is 11.1 Å². The molecule has 0 aromatic heterocycles. The van der Waals surface area contributed by atoms with E-state index in [1.54, 1.807) is 58.0 Å². The molecule has 0 radical (unpaired) electrons. The maximum absolute atomic E-state index is 14.4. The molecule has 11 amide bonds. The van der Waals surface area contributed by atoms with Crippen LogP contribution in [0.1, 0.15) is 111 Å². The minimum atomic E-state index is -1.82. The largest absolute Gasteiger partial charge is 0.481 e. The van der Waals surface area contributed by atoms with Crippen LogP contribution in [0.2, 0.25) is 0 Å². The first kappa shape index (κ1) is 76.7. The lowest BCUT2D eigenvalue weighted by Crippen LogP contribution is -2.62. The van der Waals surface area contributed by atoms with E-state index in [1.165, 1.54) is 0 Å². The smallest absolute Gasteiger partial charge is 0.326 e. The van der Waals surface area contributed by atoms with Gasteiger partial charge in [0.2, 0.25) is 65.0 Å². The fraction of sp³-hybridized carbons (Fsp3) is 0.655. The summed E-state index contributed by atoms with van der Waals surface area (Å²) < 4.78 is 0. The Labute approximate surface area is 527 Å². The van der Waals surface area contributed by atoms with Crippen molar-refractivity contribution in [3.8, 4) is 0 Å². The monoisotopic (exact) mass is 1290 g/mol. The number of nitrogens with zero attached hydrogens (tertiary/aromatic N) is 1. The Hall–Kier alpha value is -8.56. The van der Waals surface area contributed by atoms with E-state index in [9.17, 15) is 87.9 Å². The molecule has 1 aromatic rings. The maximum Gasteiger partial charge on any atom is 0.326 e. The molecule has 2 heterocycles. The molecule has 0 unspecified atom stereocenters. The molecular weight excluding hydrogens is 1190 g/mol. The van der Waals surface area contributed by atoms with Gasteiger partial charge in [-0.2, -0.15) is 0 Å². The van der Waals surface area contributed by atoms with Crippen molar-refractivity contribution in [3.05, 3.63) is 35.9 Å². The number of carboxylic acids is 2. The van der Waals surface area contributed by atoms with Gasteiger partial charge in [0.05, 0.1) is 38.8 Å². The van der Waals surface area contributed by atoms with Gasteiger partial charge in [0, 0.05) is 19.5 Å². The quantitative estimate of drug-likeness (QED) is 0.0166. The van der Waals surface area contributed by atoms with Gasteiger partial charge in [0.25, 0.3) is 0 Å². The molecule has 2 aliphatic rings. The summed E-state index contributed by atoms with van der Waals surface area (Å²) >= 11 is 0. The van der Waals surface area contributed by atoms with Crippen molar-refractivity contribution < 1.29 is 87.9 Å². The summed E-state index contributed by atoms with van der Waals surface area (Å²) in [5, 5.41) is 87.8. The molecule has 91 heavy (non-hydrogen) atoms. The highest BCUT2D eigenvalue weighted by molar-refractivity contribution is 5.99. The number of likely N-dealkylation sites (tertiary alicyclic amines) is 1. The van der Waals surface area contributed by atoms with Gasteiger partial charge in [-0.1, -0.05) is 84.7 Å². The van der Waals surface area contributed by atoms with Crippen LogP contribution in [0, 0.1) is 23.2 Å². The molecule has 13 atom stereocenters. The number of carbonyl (C=O) groups excluding carboxylic acids is 11. The number of amides is 11. The van der Waals surface area contributed by atoms with Crippen LogP contribution in [0.5, 0.6) is 0 Å². The molecule has 2 aliphatic heterocycles. The summed E-state index contributed by atoms with van der Waals surface area (Å²) in [7, 11) is 0. The zero-order valence-corrected chi connectivity index (χ0v) is 52.3. The highest BCUT2D eigenvalue weighted by Crippen LogP contribution is 2.20. The number of hydrogen-bond acceptors (Lipinski definition) is 18. The van der Waals surface area contributed by atoms with Crippen molar-refractivity contribution in [2.24, 2.45) is 23.5 Å². The zero-order chi connectivity index (χ0) is 68.1. The van der Waals surface area contributed by atoms with Crippen LogP contribution < -0.4 is 69.5 Å². The number of rotatable bonds is 39.